The molecule has 1 aliphatic rings. The standard InChI is InChI=1S/C17H19F2N3O2/c1-10(2)21-8-15(20-9-21)17(24)22-7-12(23)6-16(22)11-3-4-13(18)14(19)5-11/h3-5,8-10,12,16,23H,6-7H2,1-2H3/t12-,16+/m0/s1. The average Bonchev–Trinajstić information content (AvgIpc) is 3.16. The number of aliphatic hydroxyl groups excluding tert-OH is 1. The number of imidazole rings is 1. The van der Waals surface area contributed by atoms with Crippen LogP contribution in [0.3, 0.4) is 0 Å². The zero-order chi connectivity index (χ0) is 17.4. The molecular formula is C17H19F2N3O2. The summed E-state index contributed by atoms with van der Waals surface area (Å²) in [6, 6.07) is 3.21. The van der Waals surface area contributed by atoms with Gasteiger partial charge in [0.25, 0.3) is 5.91 Å². The monoisotopic (exact) mass is 335 g/mol. The second-order valence-corrected chi connectivity index (χ2v) is 6.34. The quantitative estimate of drug-likeness (QED) is 0.938. The van der Waals surface area contributed by atoms with E-state index in [0.717, 1.165) is 12.1 Å². The fourth-order valence-corrected chi connectivity index (χ4v) is 2.95. The summed E-state index contributed by atoms with van der Waals surface area (Å²) in [5.74, 6) is -2.24. The van der Waals surface area contributed by atoms with E-state index in [-0.39, 0.29) is 30.6 Å². The Labute approximate surface area is 138 Å². The van der Waals surface area contributed by atoms with Crippen LogP contribution in [0.5, 0.6) is 0 Å². The summed E-state index contributed by atoms with van der Waals surface area (Å²) in [6.45, 7) is 4.08. The first kappa shape index (κ1) is 16.6. The van der Waals surface area contributed by atoms with Crippen molar-refractivity contribution in [2.45, 2.75) is 38.5 Å². The topological polar surface area (TPSA) is 58.4 Å². The smallest absolute Gasteiger partial charge is 0.274 e. The maximum absolute atomic E-state index is 13.5. The van der Waals surface area contributed by atoms with E-state index in [0.29, 0.717) is 5.56 Å². The number of hydrogen-bond acceptors (Lipinski definition) is 3. The van der Waals surface area contributed by atoms with E-state index >= 15 is 0 Å². The van der Waals surface area contributed by atoms with Crippen LogP contribution in [0.4, 0.5) is 8.78 Å². The molecular weight excluding hydrogens is 316 g/mol. The lowest BCUT2D eigenvalue weighted by molar-refractivity contribution is 0.0710. The number of carbonyl (C=O) groups excluding carboxylic acids is 1. The Morgan fingerprint density at radius 3 is 2.71 bits per heavy atom. The molecule has 0 radical (unpaired) electrons. The van der Waals surface area contributed by atoms with Crippen molar-refractivity contribution in [2.75, 3.05) is 6.54 Å². The fraction of sp³-hybridized carbons (Fsp3) is 0.412. The number of aliphatic hydroxyl groups is 1. The Hall–Kier alpha value is -2.28. The van der Waals surface area contributed by atoms with Crippen LogP contribution in [0.2, 0.25) is 0 Å². The molecule has 2 atom stereocenters. The summed E-state index contributed by atoms with van der Waals surface area (Å²) in [4.78, 5) is 18.3. The van der Waals surface area contributed by atoms with Crippen molar-refractivity contribution in [3.05, 3.63) is 53.6 Å². The van der Waals surface area contributed by atoms with Crippen LogP contribution < -0.4 is 0 Å². The third-order valence-electron chi connectivity index (χ3n) is 4.29. The lowest BCUT2D eigenvalue weighted by Gasteiger charge is -2.24. The molecule has 7 heteroatoms. The first-order chi connectivity index (χ1) is 11.4. The number of nitrogens with zero attached hydrogens (tertiary/aromatic N) is 3. The second-order valence-electron chi connectivity index (χ2n) is 6.34. The number of amides is 1. The fourth-order valence-electron chi connectivity index (χ4n) is 2.95. The molecule has 5 nitrogen and oxygen atoms in total. The Morgan fingerprint density at radius 1 is 1.33 bits per heavy atom. The molecule has 1 aromatic carbocycles. The highest BCUT2D eigenvalue weighted by atomic mass is 19.2. The lowest BCUT2D eigenvalue weighted by Crippen LogP contribution is -2.32. The van der Waals surface area contributed by atoms with Crippen LogP contribution in [0, 0.1) is 11.6 Å². The van der Waals surface area contributed by atoms with E-state index in [4.69, 9.17) is 0 Å². The molecule has 0 aliphatic carbocycles. The zero-order valence-electron chi connectivity index (χ0n) is 13.5. The van der Waals surface area contributed by atoms with Crippen LogP contribution in [-0.4, -0.2) is 38.1 Å². The molecule has 3 rings (SSSR count). The van der Waals surface area contributed by atoms with Crippen molar-refractivity contribution in [3.63, 3.8) is 0 Å². The Balaban J connectivity index is 1.89. The minimum Gasteiger partial charge on any atom is -0.391 e. The highest BCUT2D eigenvalue weighted by Gasteiger charge is 2.36. The van der Waals surface area contributed by atoms with Gasteiger partial charge in [-0.3, -0.25) is 4.79 Å². The predicted octanol–water partition coefficient (Wildman–Crippen LogP) is 2.69. The van der Waals surface area contributed by atoms with Crippen LogP contribution >= 0.6 is 0 Å². The number of β-amino-alcohol motifs (C(OH)–C–C–N with tert-alkyl or cyclic N) is 1. The highest BCUT2D eigenvalue weighted by Crippen LogP contribution is 2.33. The summed E-state index contributed by atoms with van der Waals surface area (Å²) in [5.41, 5.74) is 0.729. The molecule has 1 aliphatic heterocycles. The molecule has 1 N–H and O–H groups in total. The summed E-state index contributed by atoms with van der Waals surface area (Å²) in [6.07, 6.45) is 2.80. The number of hydrogen-bond donors (Lipinski definition) is 1. The van der Waals surface area contributed by atoms with Gasteiger partial charge in [0.1, 0.15) is 5.69 Å². The van der Waals surface area contributed by atoms with Gasteiger partial charge in [0, 0.05) is 18.8 Å². The molecule has 1 fully saturated rings. The van der Waals surface area contributed by atoms with Crippen molar-refractivity contribution in [3.8, 4) is 0 Å². The average molecular weight is 335 g/mol. The third kappa shape index (κ3) is 3.03. The maximum Gasteiger partial charge on any atom is 0.274 e. The molecule has 0 bridgehead atoms. The molecule has 128 valence electrons. The van der Waals surface area contributed by atoms with Crippen molar-refractivity contribution in [1.82, 2.24) is 14.5 Å². The van der Waals surface area contributed by atoms with Gasteiger partial charge in [-0.2, -0.15) is 0 Å². The van der Waals surface area contributed by atoms with Crippen LogP contribution in [0.1, 0.15) is 48.4 Å². The van der Waals surface area contributed by atoms with Crippen LogP contribution in [-0.2, 0) is 0 Å². The Kier molecular flexibility index (Phi) is 4.36. The molecule has 0 spiro atoms. The minimum atomic E-state index is -0.967. The lowest BCUT2D eigenvalue weighted by atomic mass is 10.0. The van der Waals surface area contributed by atoms with Crippen LogP contribution in [0.15, 0.2) is 30.7 Å². The van der Waals surface area contributed by atoms with Gasteiger partial charge in [0.05, 0.1) is 18.5 Å². The second kappa shape index (κ2) is 6.32. The molecule has 0 unspecified atom stereocenters. The van der Waals surface area contributed by atoms with E-state index in [1.165, 1.54) is 11.0 Å². The molecule has 2 heterocycles. The van der Waals surface area contributed by atoms with E-state index in [1.807, 2.05) is 18.4 Å². The zero-order valence-corrected chi connectivity index (χ0v) is 13.5. The number of halogens is 2. The SMILES string of the molecule is CC(C)n1cnc(C(=O)N2C[C@@H](O)C[C@@H]2c2ccc(F)c(F)c2)c1. The van der Waals surface area contributed by atoms with Crippen molar-refractivity contribution in [1.29, 1.82) is 0 Å². The first-order valence-electron chi connectivity index (χ1n) is 7.84. The molecule has 2 aromatic rings. The van der Waals surface area contributed by atoms with Gasteiger partial charge in [-0.25, -0.2) is 13.8 Å². The van der Waals surface area contributed by atoms with Crippen molar-refractivity contribution in [2.24, 2.45) is 0 Å². The first-order valence-corrected chi connectivity index (χ1v) is 7.84. The molecule has 0 saturated carbocycles. The summed E-state index contributed by atoms with van der Waals surface area (Å²) < 4.78 is 28.5. The van der Waals surface area contributed by atoms with E-state index in [9.17, 15) is 18.7 Å². The van der Waals surface area contributed by atoms with Gasteiger partial charge in [0.2, 0.25) is 0 Å². The summed E-state index contributed by atoms with van der Waals surface area (Å²) in [5, 5.41) is 9.96. The highest BCUT2D eigenvalue weighted by molar-refractivity contribution is 5.92. The Morgan fingerprint density at radius 2 is 2.08 bits per heavy atom. The largest absolute Gasteiger partial charge is 0.391 e. The normalized spacial score (nSPS) is 20.8. The molecule has 1 aromatic heterocycles. The summed E-state index contributed by atoms with van der Waals surface area (Å²) >= 11 is 0. The molecule has 1 amide bonds. The predicted molar refractivity (Wildman–Crippen MR) is 83.4 cm³/mol. The molecule has 24 heavy (non-hydrogen) atoms. The number of aromatic nitrogens is 2. The van der Waals surface area contributed by atoms with E-state index in [2.05, 4.69) is 4.98 Å². The number of likely N-dealkylation sites (tertiary alicyclic amines) is 1. The summed E-state index contributed by atoms with van der Waals surface area (Å²) in [7, 11) is 0. The van der Waals surface area contributed by atoms with Gasteiger partial charge in [-0.1, -0.05) is 6.07 Å². The van der Waals surface area contributed by atoms with E-state index in [1.54, 1.807) is 12.5 Å². The maximum atomic E-state index is 13.5. The minimum absolute atomic E-state index is 0.136. The van der Waals surface area contributed by atoms with Gasteiger partial charge < -0.3 is 14.6 Å². The van der Waals surface area contributed by atoms with Gasteiger partial charge in [0.15, 0.2) is 11.6 Å². The van der Waals surface area contributed by atoms with Gasteiger partial charge >= 0.3 is 0 Å². The Bertz CT molecular complexity index is 760. The van der Waals surface area contributed by atoms with E-state index < -0.39 is 23.8 Å². The van der Waals surface area contributed by atoms with Crippen molar-refractivity contribution < 1.29 is 18.7 Å². The third-order valence-corrected chi connectivity index (χ3v) is 4.29. The van der Waals surface area contributed by atoms with Gasteiger partial charge in [-0.05, 0) is 38.0 Å². The van der Waals surface area contributed by atoms with Gasteiger partial charge in [-0.15, -0.1) is 0 Å². The number of rotatable bonds is 3. The van der Waals surface area contributed by atoms with Crippen LogP contribution in [0.25, 0.3) is 0 Å². The number of carbonyl (C=O) groups is 1. The van der Waals surface area contributed by atoms with Crippen molar-refractivity contribution >= 4 is 5.91 Å². The number of benzene rings is 1. The molecule has 1 saturated heterocycles.